The van der Waals surface area contributed by atoms with Crippen molar-refractivity contribution in [2.45, 2.75) is 25.6 Å². The Morgan fingerprint density at radius 1 is 1.47 bits per heavy atom. The third kappa shape index (κ3) is 3.44. The number of ether oxygens (including phenoxy) is 1. The first kappa shape index (κ1) is 11.9. The average molecular weight is 236 g/mol. The van der Waals surface area contributed by atoms with Crippen LogP contribution in [0.15, 0.2) is 24.3 Å². The lowest BCUT2D eigenvalue weighted by Crippen LogP contribution is -2.33. The van der Waals surface area contributed by atoms with Crippen LogP contribution in [0.2, 0.25) is 0 Å². The Morgan fingerprint density at radius 2 is 2.35 bits per heavy atom. The molecule has 5 nitrogen and oxygen atoms in total. The summed E-state index contributed by atoms with van der Waals surface area (Å²) in [6, 6.07) is 6.72. The summed E-state index contributed by atoms with van der Waals surface area (Å²) in [7, 11) is 0. The molecule has 0 aromatic heterocycles. The molecule has 0 spiro atoms. The number of hydrogen-bond acceptors (Lipinski definition) is 4. The summed E-state index contributed by atoms with van der Waals surface area (Å²) in [6.07, 6.45) is 2.56. The maximum absolute atomic E-state index is 11.7. The van der Waals surface area contributed by atoms with Gasteiger partial charge in [-0.1, -0.05) is 6.07 Å². The fraction of sp³-hybridized carbons (Fsp3) is 0.417. The molecule has 5 heteroatoms. The number of benzene rings is 1. The largest absolute Gasteiger partial charge is 0.399 e. The Morgan fingerprint density at radius 3 is 3.06 bits per heavy atom. The van der Waals surface area contributed by atoms with Gasteiger partial charge in [-0.05, 0) is 31.0 Å². The summed E-state index contributed by atoms with van der Waals surface area (Å²) in [5.74, 6) is -0.313. The second-order valence-corrected chi connectivity index (χ2v) is 3.97. The molecule has 3 N–H and O–H groups in total. The summed E-state index contributed by atoms with van der Waals surface area (Å²) in [4.78, 5) is 16.9. The van der Waals surface area contributed by atoms with E-state index in [1.54, 1.807) is 24.3 Å². The Bertz CT molecular complexity index is 389. The fourth-order valence-corrected chi connectivity index (χ4v) is 1.66. The van der Waals surface area contributed by atoms with E-state index >= 15 is 0 Å². The van der Waals surface area contributed by atoms with Gasteiger partial charge in [0.25, 0.3) is 5.91 Å². The topological polar surface area (TPSA) is 73.6 Å². The zero-order chi connectivity index (χ0) is 12.1. The zero-order valence-corrected chi connectivity index (χ0v) is 9.52. The van der Waals surface area contributed by atoms with Gasteiger partial charge >= 0.3 is 0 Å². The fourth-order valence-electron chi connectivity index (χ4n) is 1.66. The highest BCUT2D eigenvalue weighted by atomic mass is 16.8. The standard InChI is InChI=1S/C12H16N2O3/c13-10-5-3-4-9(8-10)12(15)14-17-11-6-1-2-7-16-11/h3-5,8,11H,1-2,6-7,13H2,(H,14,15). The van der Waals surface area contributed by atoms with Gasteiger partial charge in [0.15, 0.2) is 6.29 Å². The molecule has 1 saturated heterocycles. The Balaban J connectivity index is 1.84. The van der Waals surface area contributed by atoms with E-state index in [9.17, 15) is 4.79 Å². The molecule has 1 unspecified atom stereocenters. The molecular formula is C12H16N2O3. The molecule has 1 aromatic carbocycles. The van der Waals surface area contributed by atoms with Crippen LogP contribution in [-0.4, -0.2) is 18.8 Å². The lowest BCUT2D eigenvalue weighted by atomic mass is 10.2. The third-order valence-electron chi connectivity index (χ3n) is 2.57. The van der Waals surface area contributed by atoms with E-state index in [1.807, 2.05) is 0 Å². The maximum Gasteiger partial charge on any atom is 0.275 e. The van der Waals surface area contributed by atoms with Crippen molar-refractivity contribution in [1.29, 1.82) is 0 Å². The molecule has 0 bridgehead atoms. The molecule has 1 heterocycles. The lowest BCUT2D eigenvalue weighted by molar-refractivity contribution is -0.186. The summed E-state index contributed by atoms with van der Waals surface area (Å²) < 4.78 is 5.33. The van der Waals surface area contributed by atoms with E-state index in [2.05, 4.69) is 5.48 Å². The predicted octanol–water partition coefficient (Wildman–Crippen LogP) is 1.46. The molecule has 92 valence electrons. The monoisotopic (exact) mass is 236 g/mol. The first-order chi connectivity index (χ1) is 8.25. The van der Waals surface area contributed by atoms with Gasteiger partial charge in [-0.2, -0.15) is 0 Å². The van der Waals surface area contributed by atoms with Gasteiger partial charge < -0.3 is 10.5 Å². The molecule has 17 heavy (non-hydrogen) atoms. The minimum absolute atomic E-state index is 0.313. The highest BCUT2D eigenvalue weighted by molar-refractivity contribution is 5.94. The summed E-state index contributed by atoms with van der Waals surface area (Å²) >= 11 is 0. The Hall–Kier alpha value is -1.59. The van der Waals surface area contributed by atoms with Gasteiger partial charge in [-0.25, -0.2) is 10.3 Å². The lowest BCUT2D eigenvalue weighted by Gasteiger charge is -2.22. The smallest absolute Gasteiger partial charge is 0.275 e. The van der Waals surface area contributed by atoms with E-state index < -0.39 is 0 Å². The number of carbonyl (C=O) groups is 1. The van der Waals surface area contributed by atoms with Gasteiger partial charge in [0, 0.05) is 24.3 Å². The van der Waals surface area contributed by atoms with Crippen molar-refractivity contribution in [2.24, 2.45) is 0 Å². The van der Waals surface area contributed by atoms with Gasteiger partial charge in [-0.3, -0.25) is 4.79 Å². The Kier molecular flexibility index (Phi) is 3.95. The summed E-state index contributed by atoms with van der Waals surface area (Å²) in [5.41, 5.74) is 8.99. The average Bonchev–Trinajstić information content (AvgIpc) is 2.37. The number of amides is 1. The molecule has 1 aliphatic rings. The van der Waals surface area contributed by atoms with Crippen molar-refractivity contribution in [3.05, 3.63) is 29.8 Å². The van der Waals surface area contributed by atoms with Crippen molar-refractivity contribution in [3.63, 3.8) is 0 Å². The molecule has 1 aliphatic heterocycles. The van der Waals surface area contributed by atoms with Crippen molar-refractivity contribution in [1.82, 2.24) is 5.48 Å². The molecule has 0 radical (unpaired) electrons. The molecule has 1 amide bonds. The number of carbonyl (C=O) groups excluding carboxylic acids is 1. The second kappa shape index (κ2) is 5.65. The predicted molar refractivity (Wildman–Crippen MR) is 63.0 cm³/mol. The summed E-state index contributed by atoms with van der Waals surface area (Å²) in [5, 5.41) is 0. The van der Waals surface area contributed by atoms with Crippen molar-refractivity contribution in [2.75, 3.05) is 12.3 Å². The van der Waals surface area contributed by atoms with E-state index in [-0.39, 0.29) is 12.2 Å². The number of anilines is 1. The number of hydrogen-bond donors (Lipinski definition) is 2. The Labute approximate surface area is 99.8 Å². The van der Waals surface area contributed by atoms with E-state index in [0.717, 1.165) is 19.3 Å². The van der Waals surface area contributed by atoms with Crippen molar-refractivity contribution < 1.29 is 14.4 Å². The van der Waals surface area contributed by atoms with Gasteiger partial charge in [-0.15, -0.1) is 0 Å². The number of nitrogen functional groups attached to an aromatic ring is 1. The highest BCUT2D eigenvalue weighted by Gasteiger charge is 2.16. The van der Waals surface area contributed by atoms with Crippen molar-refractivity contribution in [3.8, 4) is 0 Å². The van der Waals surface area contributed by atoms with Crippen LogP contribution in [0.1, 0.15) is 29.6 Å². The first-order valence-electron chi connectivity index (χ1n) is 5.69. The van der Waals surface area contributed by atoms with Crippen LogP contribution >= 0.6 is 0 Å². The van der Waals surface area contributed by atoms with Crippen LogP contribution in [0, 0.1) is 0 Å². The maximum atomic E-state index is 11.7. The van der Waals surface area contributed by atoms with Gasteiger partial charge in [0.05, 0.1) is 0 Å². The van der Waals surface area contributed by atoms with Crippen LogP contribution in [0.25, 0.3) is 0 Å². The molecule has 2 rings (SSSR count). The summed E-state index contributed by atoms with van der Waals surface area (Å²) in [6.45, 7) is 0.679. The van der Waals surface area contributed by atoms with E-state index in [1.165, 1.54) is 0 Å². The van der Waals surface area contributed by atoms with Crippen LogP contribution < -0.4 is 11.2 Å². The molecule has 0 saturated carbocycles. The van der Waals surface area contributed by atoms with Crippen LogP contribution in [0.5, 0.6) is 0 Å². The number of rotatable bonds is 3. The van der Waals surface area contributed by atoms with Gasteiger partial charge in [0.1, 0.15) is 0 Å². The third-order valence-corrected chi connectivity index (χ3v) is 2.57. The minimum atomic E-state index is -0.339. The van der Waals surface area contributed by atoms with Crippen LogP contribution in [0.3, 0.4) is 0 Å². The minimum Gasteiger partial charge on any atom is -0.399 e. The SMILES string of the molecule is Nc1cccc(C(=O)NOC2CCCCO2)c1. The molecular weight excluding hydrogens is 220 g/mol. The van der Waals surface area contributed by atoms with Crippen LogP contribution in [-0.2, 0) is 9.57 Å². The normalized spacial score (nSPS) is 19.9. The number of nitrogens with two attached hydrogens (primary N) is 1. The van der Waals surface area contributed by atoms with E-state index in [4.69, 9.17) is 15.3 Å². The van der Waals surface area contributed by atoms with Gasteiger partial charge in [0.2, 0.25) is 0 Å². The van der Waals surface area contributed by atoms with E-state index in [0.29, 0.717) is 17.9 Å². The molecule has 1 aromatic rings. The zero-order valence-electron chi connectivity index (χ0n) is 9.52. The number of hydroxylamine groups is 1. The first-order valence-corrected chi connectivity index (χ1v) is 5.69. The van der Waals surface area contributed by atoms with Crippen LogP contribution in [0.4, 0.5) is 5.69 Å². The number of nitrogens with one attached hydrogen (secondary N) is 1. The molecule has 1 atom stereocenters. The quantitative estimate of drug-likeness (QED) is 0.615. The highest BCUT2D eigenvalue weighted by Crippen LogP contribution is 2.13. The molecule has 1 fully saturated rings. The van der Waals surface area contributed by atoms with Crippen molar-refractivity contribution >= 4 is 11.6 Å². The molecule has 0 aliphatic carbocycles. The second-order valence-electron chi connectivity index (χ2n) is 3.97.